The molecule has 0 aromatic heterocycles. The highest BCUT2D eigenvalue weighted by Gasteiger charge is 2.21. The van der Waals surface area contributed by atoms with Crippen LogP contribution in [0.25, 0.3) is 0 Å². The fraction of sp³-hybridized carbons (Fsp3) is 0.647. The van der Waals surface area contributed by atoms with Crippen LogP contribution >= 0.6 is 0 Å². The van der Waals surface area contributed by atoms with Gasteiger partial charge >= 0.3 is 0 Å². The van der Waals surface area contributed by atoms with Crippen molar-refractivity contribution >= 4 is 0 Å². The van der Waals surface area contributed by atoms with Gasteiger partial charge in [0, 0.05) is 32.2 Å². The first-order valence-corrected chi connectivity index (χ1v) is 7.88. The van der Waals surface area contributed by atoms with Gasteiger partial charge in [0.1, 0.15) is 0 Å². The van der Waals surface area contributed by atoms with E-state index in [1.54, 1.807) is 0 Å². The molecule has 2 rings (SSSR count). The monoisotopic (exact) mass is 260 g/mol. The molecule has 2 heteroatoms. The zero-order valence-corrected chi connectivity index (χ0v) is 12.5. The van der Waals surface area contributed by atoms with E-state index in [0.29, 0.717) is 6.04 Å². The highest BCUT2D eigenvalue weighted by molar-refractivity contribution is 5.25. The minimum Gasteiger partial charge on any atom is -0.314 e. The van der Waals surface area contributed by atoms with Gasteiger partial charge in [-0.2, -0.15) is 0 Å². The molecule has 0 radical (unpaired) electrons. The Kier molecular flexibility index (Phi) is 5.87. The van der Waals surface area contributed by atoms with E-state index in [9.17, 15) is 0 Å². The summed E-state index contributed by atoms with van der Waals surface area (Å²) in [6.07, 6.45) is 5.04. The summed E-state index contributed by atoms with van der Waals surface area (Å²) >= 11 is 0. The van der Waals surface area contributed by atoms with Crippen LogP contribution in [0.2, 0.25) is 0 Å². The molecule has 1 N–H and O–H groups in total. The first kappa shape index (κ1) is 14.5. The summed E-state index contributed by atoms with van der Waals surface area (Å²) in [6, 6.07) is 9.92. The van der Waals surface area contributed by atoms with Crippen molar-refractivity contribution in [3.63, 3.8) is 0 Å². The van der Waals surface area contributed by atoms with Gasteiger partial charge in [-0.25, -0.2) is 0 Å². The molecule has 1 atom stereocenters. The van der Waals surface area contributed by atoms with E-state index >= 15 is 0 Å². The van der Waals surface area contributed by atoms with E-state index in [2.05, 4.69) is 48.3 Å². The molecule has 1 aromatic carbocycles. The lowest BCUT2D eigenvalue weighted by Gasteiger charge is -2.35. The maximum Gasteiger partial charge on any atom is 0.0349 e. The van der Waals surface area contributed by atoms with Crippen molar-refractivity contribution < 1.29 is 0 Å². The normalized spacial score (nSPS) is 18.4. The van der Waals surface area contributed by atoms with Crippen LogP contribution in [0.4, 0.5) is 0 Å². The van der Waals surface area contributed by atoms with Crippen molar-refractivity contribution in [2.75, 3.05) is 26.2 Å². The molecule has 0 unspecified atom stereocenters. The largest absolute Gasteiger partial charge is 0.314 e. The number of piperazine rings is 1. The summed E-state index contributed by atoms with van der Waals surface area (Å²) in [6.45, 7) is 9.15. The maximum atomic E-state index is 3.45. The third-order valence-corrected chi connectivity index (χ3v) is 4.20. The van der Waals surface area contributed by atoms with Gasteiger partial charge in [0.05, 0.1) is 0 Å². The number of nitrogens with zero attached hydrogens (tertiary/aromatic N) is 1. The van der Waals surface area contributed by atoms with Crippen LogP contribution in [0.5, 0.6) is 0 Å². The van der Waals surface area contributed by atoms with Gasteiger partial charge in [-0.15, -0.1) is 0 Å². The Morgan fingerprint density at radius 2 is 1.79 bits per heavy atom. The minimum atomic E-state index is 0.618. The Hall–Kier alpha value is -0.860. The summed E-state index contributed by atoms with van der Waals surface area (Å²) in [4.78, 5) is 2.66. The van der Waals surface area contributed by atoms with E-state index in [-0.39, 0.29) is 0 Å². The molecule has 1 aromatic rings. The molecule has 1 saturated heterocycles. The summed E-state index contributed by atoms with van der Waals surface area (Å²) in [5.74, 6) is 0. The second kappa shape index (κ2) is 7.66. The van der Waals surface area contributed by atoms with Crippen molar-refractivity contribution in [1.82, 2.24) is 10.2 Å². The number of nitrogens with one attached hydrogen (secondary N) is 1. The highest BCUT2D eigenvalue weighted by Crippen LogP contribution is 2.27. The van der Waals surface area contributed by atoms with Crippen LogP contribution in [-0.2, 0) is 6.42 Å². The molecule has 0 bridgehead atoms. The van der Waals surface area contributed by atoms with Crippen molar-refractivity contribution in [3.8, 4) is 0 Å². The Bertz CT molecular complexity index is 352. The maximum absolute atomic E-state index is 3.45. The smallest absolute Gasteiger partial charge is 0.0349 e. The SMILES string of the molecule is CCCC[C@@H](c1ccc(CC)cc1)N1CCNCC1. The van der Waals surface area contributed by atoms with E-state index in [1.165, 1.54) is 43.5 Å². The van der Waals surface area contributed by atoms with Crippen LogP contribution in [-0.4, -0.2) is 31.1 Å². The number of rotatable bonds is 6. The highest BCUT2D eigenvalue weighted by atomic mass is 15.2. The lowest BCUT2D eigenvalue weighted by molar-refractivity contribution is 0.163. The molecule has 2 nitrogen and oxygen atoms in total. The molecule has 1 aliphatic rings. The van der Waals surface area contributed by atoms with Gasteiger partial charge in [0.2, 0.25) is 0 Å². The van der Waals surface area contributed by atoms with E-state index in [0.717, 1.165) is 19.5 Å². The van der Waals surface area contributed by atoms with Gasteiger partial charge in [0.15, 0.2) is 0 Å². The number of hydrogen-bond acceptors (Lipinski definition) is 2. The fourth-order valence-electron chi connectivity index (χ4n) is 2.93. The number of unbranched alkanes of at least 4 members (excludes halogenated alkanes) is 1. The molecule has 1 heterocycles. The predicted molar refractivity (Wildman–Crippen MR) is 82.5 cm³/mol. The zero-order valence-electron chi connectivity index (χ0n) is 12.5. The Morgan fingerprint density at radius 3 is 2.37 bits per heavy atom. The van der Waals surface area contributed by atoms with Gasteiger partial charge in [-0.05, 0) is 24.0 Å². The summed E-state index contributed by atoms with van der Waals surface area (Å²) in [7, 11) is 0. The fourth-order valence-corrected chi connectivity index (χ4v) is 2.93. The van der Waals surface area contributed by atoms with Crippen LogP contribution in [0, 0.1) is 0 Å². The second-order valence-corrected chi connectivity index (χ2v) is 5.54. The van der Waals surface area contributed by atoms with E-state index < -0.39 is 0 Å². The lowest BCUT2D eigenvalue weighted by atomic mass is 9.97. The third-order valence-electron chi connectivity index (χ3n) is 4.20. The van der Waals surface area contributed by atoms with Crippen LogP contribution < -0.4 is 5.32 Å². The van der Waals surface area contributed by atoms with Crippen LogP contribution in [0.15, 0.2) is 24.3 Å². The molecule has 0 aliphatic carbocycles. The number of benzene rings is 1. The molecular formula is C17H28N2. The zero-order chi connectivity index (χ0) is 13.5. The van der Waals surface area contributed by atoms with Crippen molar-refractivity contribution in [2.45, 2.75) is 45.6 Å². The standard InChI is InChI=1S/C17H28N2/c1-3-5-6-17(19-13-11-18-12-14-19)16-9-7-15(4-2)8-10-16/h7-10,17-18H,3-6,11-14H2,1-2H3/t17-/m0/s1. The van der Waals surface area contributed by atoms with Gasteiger partial charge in [-0.3, -0.25) is 4.90 Å². The molecule has 106 valence electrons. The predicted octanol–water partition coefficient (Wildman–Crippen LogP) is 3.39. The quantitative estimate of drug-likeness (QED) is 0.843. The molecule has 19 heavy (non-hydrogen) atoms. The Balaban J connectivity index is 2.10. The summed E-state index contributed by atoms with van der Waals surface area (Å²) < 4.78 is 0. The summed E-state index contributed by atoms with van der Waals surface area (Å²) in [5, 5.41) is 3.45. The van der Waals surface area contributed by atoms with E-state index in [1.807, 2.05) is 0 Å². The average molecular weight is 260 g/mol. The molecule has 0 amide bonds. The molecular weight excluding hydrogens is 232 g/mol. The van der Waals surface area contributed by atoms with Crippen LogP contribution in [0.1, 0.15) is 50.3 Å². The first-order valence-electron chi connectivity index (χ1n) is 7.88. The Labute approximate surface area is 118 Å². The van der Waals surface area contributed by atoms with Crippen molar-refractivity contribution in [2.24, 2.45) is 0 Å². The minimum absolute atomic E-state index is 0.618. The first-order chi connectivity index (χ1) is 9.35. The van der Waals surface area contributed by atoms with Gasteiger partial charge < -0.3 is 5.32 Å². The number of aryl methyl sites for hydroxylation is 1. The Morgan fingerprint density at radius 1 is 1.11 bits per heavy atom. The van der Waals surface area contributed by atoms with E-state index in [4.69, 9.17) is 0 Å². The lowest BCUT2D eigenvalue weighted by Crippen LogP contribution is -2.45. The number of hydrogen-bond donors (Lipinski definition) is 1. The third kappa shape index (κ3) is 4.05. The molecule has 1 aliphatic heterocycles. The van der Waals surface area contributed by atoms with Gasteiger partial charge in [-0.1, -0.05) is 51.0 Å². The van der Waals surface area contributed by atoms with Crippen molar-refractivity contribution in [1.29, 1.82) is 0 Å². The molecule has 0 spiro atoms. The topological polar surface area (TPSA) is 15.3 Å². The second-order valence-electron chi connectivity index (χ2n) is 5.54. The van der Waals surface area contributed by atoms with Gasteiger partial charge in [0.25, 0.3) is 0 Å². The summed E-state index contributed by atoms with van der Waals surface area (Å²) in [5.41, 5.74) is 2.95. The molecule has 1 fully saturated rings. The van der Waals surface area contributed by atoms with Crippen molar-refractivity contribution in [3.05, 3.63) is 35.4 Å². The molecule has 0 saturated carbocycles. The average Bonchev–Trinajstić information content (AvgIpc) is 2.49. The van der Waals surface area contributed by atoms with Crippen LogP contribution in [0.3, 0.4) is 0 Å².